The van der Waals surface area contributed by atoms with Crippen LogP contribution in [0.15, 0.2) is 30.3 Å². The summed E-state index contributed by atoms with van der Waals surface area (Å²) in [6.07, 6.45) is -4.81. The zero-order valence-corrected chi connectivity index (χ0v) is 14.7. The number of halogens is 3. The second kappa shape index (κ2) is 7.56. The summed E-state index contributed by atoms with van der Waals surface area (Å²) in [5, 5.41) is 14.4. The van der Waals surface area contributed by atoms with E-state index in [1.54, 1.807) is 0 Å². The van der Waals surface area contributed by atoms with Gasteiger partial charge >= 0.3 is 13.8 Å². The molecule has 0 aliphatic heterocycles. The van der Waals surface area contributed by atoms with Gasteiger partial charge in [0.15, 0.2) is 5.44 Å². The summed E-state index contributed by atoms with van der Waals surface area (Å²) in [4.78, 5) is 10.0. The van der Waals surface area contributed by atoms with Crippen LogP contribution in [0.5, 0.6) is 0 Å². The lowest BCUT2D eigenvalue weighted by molar-refractivity contribution is -0.384. The monoisotopic (exact) mass is 393 g/mol. The maximum absolute atomic E-state index is 13.4. The molecule has 12 heteroatoms. The fraction of sp³-hybridized carbons (Fsp3) is 0.357. The van der Waals surface area contributed by atoms with Crippen molar-refractivity contribution < 1.29 is 31.7 Å². The second-order valence-corrected chi connectivity index (χ2v) is 6.87. The van der Waals surface area contributed by atoms with Crippen LogP contribution in [-0.4, -0.2) is 27.9 Å². The van der Waals surface area contributed by atoms with E-state index < -0.39 is 29.8 Å². The highest BCUT2D eigenvalue weighted by molar-refractivity contribution is 7.61. The molecule has 0 saturated carbocycles. The lowest BCUT2D eigenvalue weighted by atomic mass is 10.3. The van der Waals surface area contributed by atoms with Crippen LogP contribution in [0, 0.1) is 10.1 Å². The number of alkyl halides is 3. The Hall–Kier alpha value is -2.23. The SMILES string of the molecule is CCOP(=O)(OCC)c1cc(C(F)(F)F)n(-c2ccc([N+](=O)[O-])cc2)n1. The van der Waals surface area contributed by atoms with Crippen molar-refractivity contribution in [1.82, 2.24) is 9.78 Å². The Balaban J connectivity index is 2.60. The minimum atomic E-state index is -4.81. The van der Waals surface area contributed by atoms with Gasteiger partial charge in [-0.25, -0.2) is 4.68 Å². The fourth-order valence-electron chi connectivity index (χ4n) is 2.13. The van der Waals surface area contributed by atoms with Crippen molar-refractivity contribution in [3.63, 3.8) is 0 Å². The number of nitro benzene ring substituents is 1. The molecule has 1 aromatic carbocycles. The van der Waals surface area contributed by atoms with E-state index >= 15 is 0 Å². The Labute approximate surface area is 146 Å². The molecule has 0 radical (unpaired) electrons. The Morgan fingerprint density at radius 2 is 1.73 bits per heavy atom. The quantitative estimate of drug-likeness (QED) is 0.404. The van der Waals surface area contributed by atoms with E-state index in [1.165, 1.54) is 13.8 Å². The fourth-order valence-corrected chi connectivity index (χ4v) is 3.62. The molecule has 0 aliphatic carbocycles. The van der Waals surface area contributed by atoms with Crippen molar-refractivity contribution in [2.45, 2.75) is 20.0 Å². The van der Waals surface area contributed by atoms with Gasteiger partial charge in [0.25, 0.3) is 5.69 Å². The third kappa shape index (κ3) is 4.12. The van der Waals surface area contributed by atoms with E-state index in [1.807, 2.05) is 0 Å². The Bertz CT molecular complexity index is 825. The number of rotatable bonds is 7. The van der Waals surface area contributed by atoms with Gasteiger partial charge in [0, 0.05) is 18.2 Å². The molecule has 0 N–H and O–H groups in total. The maximum atomic E-state index is 13.4. The van der Waals surface area contributed by atoms with E-state index in [0.717, 1.165) is 24.3 Å². The van der Waals surface area contributed by atoms with Gasteiger partial charge in [-0.3, -0.25) is 14.7 Å². The molecule has 142 valence electrons. The normalized spacial score (nSPS) is 12.3. The molecule has 8 nitrogen and oxygen atoms in total. The third-order valence-corrected chi connectivity index (χ3v) is 5.15. The molecule has 0 bridgehead atoms. The van der Waals surface area contributed by atoms with Crippen LogP contribution in [0.25, 0.3) is 5.69 Å². The molecule has 0 spiro atoms. The van der Waals surface area contributed by atoms with Gasteiger partial charge < -0.3 is 9.05 Å². The van der Waals surface area contributed by atoms with Crippen molar-refractivity contribution in [2.75, 3.05) is 13.2 Å². The van der Waals surface area contributed by atoms with E-state index in [-0.39, 0.29) is 24.6 Å². The van der Waals surface area contributed by atoms with Crippen LogP contribution in [0.4, 0.5) is 18.9 Å². The highest BCUT2D eigenvalue weighted by Crippen LogP contribution is 2.47. The van der Waals surface area contributed by atoms with Crippen molar-refractivity contribution in [3.05, 3.63) is 46.1 Å². The average molecular weight is 393 g/mol. The third-order valence-electron chi connectivity index (χ3n) is 3.17. The van der Waals surface area contributed by atoms with E-state index in [2.05, 4.69) is 5.10 Å². The first-order valence-corrected chi connectivity index (χ1v) is 8.98. The van der Waals surface area contributed by atoms with Crippen molar-refractivity contribution in [2.24, 2.45) is 0 Å². The highest BCUT2D eigenvalue weighted by Gasteiger charge is 2.40. The van der Waals surface area contributed by atoms with Crippen molar-refractivity contribution >= 4 is 18.7 Å². The van der Waals surface area contributed by atoms with E-state index in [0.29, 0.717) is 10.7 Å². The summed E-state index contributed by atoms with van der Waals surface area (Å²) in [6, 6.07) is 4.89. The average Bonchev–Trinajstić information content (AvgIpc) is 3.02. The topological polar surface area (TPSA) is 96.5 Å². The second-order valence-electron chi connectivity index (χ2n) is 4.90. The van der Waals surface area contributed by atoms with Crippen molar-refractivity contribution in [3.8, 4) is 5.69 Å². The summed E-state index contributed by atoms with van der Waals surface area (Å²) in [5.74, 6) is 0. The van der Waals surface area contributed by atoms with Crippen LogP contribution in [0.2, 0.25) is 0 Å². The lowest BCUT2D eigenvalue weighted by Gasteiger charge is -2.14. The molecule has 26 heavy (non-hydrogen) atoms. The minimum Gasteiger partial charge on any atom is -0.304 e. The molecule has 2 rings (SSSR count). The first-order valence-electron chi connectivity index (χ1n) is 7.44. The van der Waals surface area contributed by atoms with Gasteiger partial charge in [0.1, 0.15) is 5.69 Å². The number of benzene rings is 1. The maximum Gasteiger partial charge on any atom is 0.433 e. The molecular weight excluding hydrogens is 378 g/mol. The summed E-state index contributed by atoms with van der Waals surface area (Å²) in [6.45, 7) is 2.93. The molecule has 0 amide bonds. The zero-order chi connectivity index (χ0) is 19.5. The van der Waals surface area contributed by atoms with Crippen LogP contribution in [0.1, 0.15) is 19.5 Å². The Morgan fingerprint density at radius 3 is 2.15 bits per heavy atom. The van der Waals surface area contributed by atoms with Gasteiger partial charge in [-0.2, -0.15) is 18.3 Å². The number of nitrogens with zero attached hydrogens (tertiary/aromatic N) is 3. The van der Waals surface area contributed by atoms with E-state index in [9.17, 15) is 27.9 Å². The number of hydrogen-bond donors (Lipinski definition) is 0. The van der Waals surface area contributed by atoms with Crippen molar-refractivity contribution in [1.29, 1.82) is 0 Å². The summed E-state index contributed by atoms with van der Waals surface area (Å²) in [5.41, 5.74) is -2.08. The van der Waals surface area contributed by atoms with Gasteiger partial charge in [-0.05, 0) is 26.0 Å². The molecule has 0 atom stereocenters. The van der Waals surface area contributed by atoms with Gasteiger partial charge in [-0.15, -0.1) is 0 Å². The smallest absolute Gasteiger partial charge is 0.304 e. The number of hydrogen-bond acceptors (Lipinski definition) is 6. The molecule has 0 unspecified atom stereocenters. The molecule has 2 aromatic rings. The van der Waals surface area contributed by atoms with Gasteiger partial charge in [0.2, 0.25) is 0 Å². The summed E-state index contributed by atoms with van der Waals surface area (Å²) < 4.78 is 63.4. The molecule has 1 aromatic heterocycles. The molecule has 0 aliphatic rings. The number of nitro groups is 1. The number of aromatic nitrogens is 2. The predicted molar refractivity (Wildman–Crippen MR) is 85.7 cm³/mol. The first kappa shape index (κ1) is 20.1. The summed E-state index contributed by atoms with van der Waals surface area (Å²) >= 11 is 0. The molecule has 0 saturated heterocycles. The molecular formula is C14H15F3N3O5P. The molecule has 1 heterocycles. The van der Waals surface area contributed by atoms with Crippen LogP contribution in [0.3, 0.4) is 0 Å². The number of non-ortho nitro benzene ring substituents is 1. The summed E-state index contributed by atoms with van der Waals surface area (Å²) in [7, 11) is -4.03. The zero-order valence-electron chi connectivity index (χ0n) is 13.8. The largest absolute Gasteiger partial charge is 0.433 e. The predicted octanol–water partition coefficient (Wildman–Crippen LogP) is 3.69. The van der Waals surface area contributed by atoms with Crippen LogP contribution >= 0.6 is 7.60 Å². The van der Waals surface area contributed by atoms with Crippen LogP contribution in [-0.2, 0) is 19.8 Å². The van der Waals surface area contributed by atoms with E-state index in [4.69, 9.17) is 9.05 Å². The Kier molecular flexibility index (Phi) is 5.84. The first-order chi connectivity index (χ1) is 12.1. The lowest BCUT2D eigenvalue weighted by Crippen LogP contribution is -2.14. The van der Waals surface area contributed by atoms with Crippen LogP contribution < -0.4 is 5.44 Å². The van der Waals surface area contributed by atoms with Gasteiger partial charge in [0.05, 0.1) is 23.8 Å². The molecule has 0 fully saturated rings. The minimum absolute atomic E-state index is 0.0526. The van der Waals surface area contributed by atoms with Gasteiger partial charge in [-0.1, -0.05) is 0 Å². The highest BCUT2D eigenvalue weighted by atomic mass is 31.2. The Morgan fingerprint density at radius 1 is 1.19 bits per heavy atom. The standard InChI is InChI=1S/C14H15F3N3O5P/c1-3-24-26(23,25-4-2)13-9-12(14(15,16)17)19(18-13)10-5-7-11(8-6-10)20(21)22/h5-9H,3-4H2,1-2H3.